The molecule has 1 atom stereocenters. The summed E-state index contributed by atoms with van der Waals surface area (Å²) in [5, 5.41) is 1.74. The van der Waals surface area contributed by atoms with Crippen LogP contribution in [0.5, 0.6) is 5.75 Å². The molecule has 0 aliphatic rings. The van der Waals surface area contributed by atoms with Crippen LogP contribution >= 0.6 is 27.5 Å². The van der Waals surface area contributed by atoms with Gasteiger partial charge >= 0.3 is 0 Å². The van der Waals surface area contributed by atoms with Gasteiger partial charge in [0.25, 0.3) is 0 Å². The molecule has 2 rings (SSSR count). The Morgan fingerprint density at radius 2 is 1.85 bits per heavy atom. The number of halogens is 2. The smallest absolute Gasteiger partial charge is 0.119 e. The Bertz CT molecular complexity index is 515. The molecule has 0 amide bonds. The first-order valence-electron chi connectivity index (χ1n) is 6.79. The number of rotatable bonds is 7. The summed E-state index contributed by atoms with van der Waals surface area (Å²) in [7, 11) is 0. The van der Waals surface area contributed by atoms with Gasteiger partial charge in [-0.2, -0.15) is 0 Å². The highest BCUT2D eigenvalue weighted by Crippen LogP contribution is 2.25. The Labute approximate surface area is 134 Å². The van der Waals surface area contributed by atoms with Crippen molar-refractivity contribution in [3.05, 3.63) is 65.2 Å². The molecule has 0 saturated heterocycles. The lowest BCUT2D eigenvalue weighted by molar-refractivity contribution is 0.303. The summed E-state index contributed by atoms with van der Waals surface area (Å²) in [6.07, 6.45) is 2.11. The van der Waals surface area contributed by atoms with Gasteiger partial charge < -0.3 is 4.74 Å². The van der Waals surface area contributed by atoms with Crippen molar-refractivity contribution in [2.45, 2.75) is 18.8 Å². The van der Waals surface area contributed by atoms with Gasteiger partial charge in [0.05, 0.1) is 6.61 Å². The van der Waals surface area contributed by atoms with Gasteiger partial charge in [0.2, 0.25) is 0 Å². The number of hydrogen-bond donors (Lipinski definition) is 0. The van der Waals surface area contributed by atoms with E-state index in [2.05, 4.69) is 22.0 Å². The maximum Gasteiger partial charge on any atom is 0.119 e. The van der Waals surface area contributed by atoms with Gasteiger partial charge in [-0.15, -0.1) is 0 Å². The lowest BCUT2D eigenvalue weighted by atomic mass is 9.96. The van der Waals surface area contributed by atoms with Crippen LogP contribution < -0.4 is 4.74 Å². The van der Waals surface area contributed by atoms with Crippen LogP contribution in [0, 0.1) is 0 Å². The van der Waals surface area contributed by atoms with Crippen LogP contribution in [0.4, 0.5) is 0 Å². The summed E-state index contributed by atoms with van der Waals surface area (Å²) < 4.78 is 5.72. The van der Waals surface area contributed by atoms with Crippen LogP contribution in [-0.4, -0.2) is 11.9 Å². The Hall–Kier alpha value is -0.990. The zero-order chi connectivity index (χ0) is 14.2. The van der Waals surface area contributed by atoms with Crippen molar-refractivity contribution in [2.75, 3.05) is 11.9 Å². The zero-order valence-corrected chi connectivity index (χ0v) is 13.6. The highest BCUT2D eigenvalue weighted by Gasteiger charge is 2.10. The molecule has 2 aromatic rings. The van der Waals surface area contributed by atoms with Crippen molar-refractivity contribution in [3.63, 3.8) is 0 Å². The van der Waals surface area contributed by atoms with E-state index in [9.17, 15) is 0 Å². The molecule has 0 aliphatic carbocycles. The van der Waals surface area contributed by atoms with Crippen LogP contribution in [0.25, 0.3) is 0 Å². The van der Waals surface area contributed by atoms with E-state index in [1.54, 1.807) is 0 Å². The third-order valence-electron chi connectivity index (χ3n) is 3.22. The molecule has 0 N–H and O–H groups in total. The molecule has 0 spiro atoms. The molecule has 0 bridgehead atoms. The number of alkyl halides is 1. The minimum Gasteiger partial charge on any atom is -0.494 e. The van der Waals surface area contributed by atoms with Gasteiger partial charge in [0, 0.05) is 10.4 Å². The molecule has 0 aliphatic heterocycles. The topological polar surface area (TPSA) is 9.23 Å². The van der Waals surface area contributed by atoms with Gasteiger partial charge in [0.1, 0.15) is 5.75 Å². The van der Waals surface area contributed by atoms with Crippen molar-refractivity contribution in [2.24, 2.45) is 0 Å². The lowest BCUT2D eigenvalue weighted by Crippen LogP contribution is -2.04. The molecule has 1 nitrogen and oxygen atoms in total. The monoisotopic (exact) mass is 352 g/mol. The largest absolute Gasteiger partial charge is 0.494 e. The fraction of sp³-hybridized carbons (Fsp3) is 0.294. The second kappa shape index (κ2) is 8.33. The van der Waals surface area contributed by atoms with E-state index < -0.39 is 0 Å². The van der Waals surface area contributed by atoms with Gasteiger partial charge in [-0.25, -0.2) is 0 Å². The fourth-order valence-corrected chi connectivity index (χ4v) is 3.03. The molecule has 3 heteroatoms. The molecular weight excluding hydrogens is 336 g/mol. The van der Waals surface area contributed by atoms with Crippen molar-refractivity contribution in [3.8, 4) is 5.75 Å². The molecule has 106 valence electrons. The molecular formula is C17H18BrClO. The number of para-hydroxylation sites is 1. The normalized spacial score (nSPS) is 12.1. The van der Waals surface area contributed by atoms with Crippen LogP contribution in [0.3, 0.4) is 0 Å². The fourth-order valence-electron chi connectivity index (χ4n) is 2.13. The summed E-state index contributed by atoms with van der Waals surface area (Å²) in [4.78, 5) is 0. The van der Waals surface area contributed by atoms with E-state index in [4.69, 9.17) is 16.3 Å². The van der Waals surface area contributed by atoms with Gasteiger partial charge in [-0.1, -0.05) is 57.9 Å². The predicted molar refractivity (Wildman–Crippen MR) is 89.2 cm³/mol. The standard InChI is InChI=1S/C17H18BrClO/c18-13-15(14-6-4-8-16(19)12-14)7-5-11-20-17-9-2-1-3-10-17/h1-4,6,8-10,12,15H,5,7,11,13H2. The van der Waals surface area contributed by atoms with Gasteiger partial charge in [-0.05, 0) is 48.6 Å². The van der Waals surface area contributed by atoms with Crippen molar-refractivity contribution in [1.29, 1.82) is 0 Å². The maximum absolute atomic E-state index is 6.05. The predicted octanol–water partition coefficient (Wildman–Crippen LogP) is 5.68. The minimum absolute atomic E-state index is 0.480. The third kappa shape index (κ3) is 4.84. The minimum atomic E-state index is 0.480. The maximum atomic E-state index is 6.05. The Balaban J connectivity index is 1.80. The number of hydrogen-bond acceptors (Lipinski definition) is 1. The highest BCUT2D eigenvalue weighted by atomic mass is 79.9. The SMILES string of the molecule is Clc1cccc(C(CBr)CCCOc2ccccc2)c1. The first-order chi connectivity index (χ1) is 9.79. The Morgan fingerprint density at radius 3 is 2.55 bits per heavy atom. The molecule has 0 heterocycles. The van der Waals surface area contributed by atoms with Crippen LogP contribution in [-0.2, 0) is 0 Å². The quantitative estimate of drug-likeness (QED) is 0.460. The van der Waals surface area contributed by atoms with Crippen LogP contribution in [0.1, 0.15) is 24.3 Å². The summed E-state index contributed by atoms with van der Waals surface area (Å²) in [5.74, 6) is 1.42. The Kier molecular flexibility index (Phi) is 6.41. The summed E-state index contributed by atoms with van der Waals surface area (Å²) in [6, 6.07) is 18.0. The molecule has 2 aromatic carbocycles. The summed E-state index contributed by atoms with van der Waals surface area (Å²) in [6.45, 7) is 0.744. The second-order valence-electron chi connectivity index (χ2n) is 4.71. The van der Waals surface area contributed by atoms with E-state index in [0.717, 1.165) is 35.6 Å². The first-order valence-corrected chi connectivity index (χ1v) is 8.29. The van der Waals surface area contributed by atoms with E-state index >= 15 is 0 Å². The average Bonchev–Trinajstić information content (AvgIpc) is 2.48. The van der Waals surface area contributed by atoms with E-state index in [0.29, 0.717) is 5.92 Å². The number of ether oxygens (including phenoxy) is 1. The summed E-state index contributed by atoms with van der Waals surface area (Å²) >= 11 is 9.64. The van der Waals surface area contributed by atoms with Crippen LogP contribution in [0.15, 0.2) is 54.6 Å². The van der Waals surface area contributed by atoms with Gasteiger partial charge in [0.15, 0.2) is 0 Å². The van der Waals surface area contributed by atoms with Gasteiger partial charge in [-0.3, -0.25) is 0 Å². The molecule has 0 fully saturated rings. The van der Waals surface area contributed by atoms with E-state index in [1.807, 2.05) is 48.5 Å². The molecule has 0 saturated carbocycles. The molecule has 20 heavy (non-hydrogen) atoms. The van der Waals surface area contributed by atoms with Crippen molar-refractivity contribution < 1.29 is 4.74 Å². The third-order valence-corrected chi connectivity index (χ3v) is 4.23. The summed E-state index contributed by atoms with van der Waals surface area (Å²) in [5.41, 5.74) is 1.29. The van der Waals surface area contributed by atoms with E-state index in [1.165, 1.54) is 5.56 Å². The molecule has 0 radical (unpaired) electrons. The van der Waals surface area contributed by atoms with Crippen molar-refractivity contribution in [1.82, 2.24) is 0 Å². The molecule has 1 unspecified atom stereocenters. The first kappa shape index (κ1) is 15.4. The zero-order valence-electron chi connectivity index (χ0n) is 11.3. The van der Waals surface area contributed by atoms with E-state index in [-0.39, 0.29) is 0 Å². The second-order valence-corrected chi connectivity index (χ2v) is 5.79. The molecule has 0 aromatic heterocycles. The Morgan fingerprint density at radius 1 is 1.05 bits per heavy atom. The lowest BCUT2D eigenvalue weighted by Gasteiger charge is -2.15. The highest BCUT2D eigenvalue weighted by molar-refractivity contribution is 9.09. The van der Waals surface area contributed by atoms with Crippen molar-refractivity contribution >= 4 is 27.5 Å². The van der Waals surface area contributed by atoms with Crippen LogP contribution in [0.2, 0.25) is 5.02 Å². The average molecular weight is 354 g/mol. The number of benzene rings is 2.